The maximum Gasteiger partial charge on any atom is 0.181 e. The summed E-state index contributed by atoms with van der Waals surface area (Å²) in [7, 11) is -3.05. The van der Waals surface area contributed by atoms with Crippen LogP contribution in [0.25, 0.3) is 0 Å². The molecule has 0 unspecified atom stereocenters. The summed E-state index contributed by atoms with van der Waals surface area (Å²) >= 11 is 5.71. The van der Waals surface area contributed by atoms with E-state index in [1.54, 1.807) is 0 Å². The van der Waals surface area contributed by atoms with Crippen LogP contribution in [0.15, 0.2) is 60.7 Å². The van der Waals surface area contributed by atoms with Crippen molar-refractivity contribution in [2.45, 2.75) is 12.1 Å². The summed E-state index contributed by atoms with van der Waals surface area (Å²) in [5.74, 6) is 0.298. The van der Waals surface area contributed by atoms with E-state index in [0.717, 1.165) is 11.4 Å². The molecule has 0 spiro atoms. The van der Waals surface area contributed by atoms with E-state index in [1.165, 1.54) is 0 Å². The van der Waals surface area contributed by atoms with Gasteiger partial charge in [-0.1, -0.05) is 36.4 Å². The van der Waals surface area contributed by atoms with Crippen LogP contribution >= 0.6 is 12.2 Å². The molecule has 2 aromatic carbocycles. The summed E-state index contributed by atoms with van der Waals surface area (Å²) in [6.07, 6.45) is 0. The number of para-hydroxylation sites is 2. The fourth-order valence-electron chi connectivity index (χ4n) is 3.48. The normalized spacial score (nSPS) is 25.7. The number of fused-ring (bicyclic) bond motifs is 1. The van der Waals surface area contributed by atoms with E-state index in [-0.39, 0.29) is 23.6 Å². The minimum atomic E-state index is -3.05. The van der Waals surface area contributed by atoms with Crippen molar-refractivity contribution in [2.75, 3.05) is 21.3 Å². The highest BCUT2D eigenvalue weighted by Gasteiger charge is 2.52. The highest BCUT2D eigenvalue weighted by Crippen LogP contribution is 2.37. The Labute approximate surface area is 141 Å². The third-order valence-electron chi connectivity index (χ3n) is 4.44. The van der Waals surface area contributed by atoms with Gasteiger partial charge in [-0.2, -0.15) is 0 Å². The Balaban J connectivity index is 1.82. The van der Waals surface area contributed by atoms with Crippen molar-refractivity contribution >= 4 is 38.5 Å². The highest BCUT2D eigenvalue weighted by molar-refractivity contribution is 7.91. The fourth-order valence-corrected chi connectivity index (χ4v) is 5.89. The Morgan fingerprint density at radius 3 is 1.57 bits per heavy atom. The molecule has 0 bridgehead atoms. The average Bonchev–Trinajstić information content (AvgIpc) is 2.97. The van der Waals surface area contributed by atoms with Gasteiger partial charge in [-0.15, -0.1) is 0 Å². The van der Waals surface area contributed by atoms with Gasteiger partial charge in [0.05, 0.1) is 23.6 Å². The lowest BCUT2D eigenvalue weighted by Gasteiger charge is -2.25. The first-order valence-electron chi connectivity index (χ1n) is 7.50. The van der Waals surface area contributed by atoms with Gasteiger partial charge in [0, 0.05) is 11.4 Å². The van der Waals surface area contributed by atoms with Crippen LogP contribution in [0, 0.1) is 0 Å². The van der Waals surface area contributed by atoms with E-state index >= 15 is 0 Å². The van der Waals surface area contributed by atoms with Crippen molar-refractivity contribution in [3.8, 4) is 0 Å². The summed E-state index contributed by atoms with van der Waals surface area (Å²) in [4.78, 5) is 4.00. The topological polar surface area (TPSA) is 40.6 Å². The van der Waals surface area contributed by atoms with Crippen LogP contribution in [-0.4, -0.2) is 37.1 Å². The Kier molecular flexibility index (Phi) is 3.39. The van der Waals surface area contributed by atoms with Gasteiger partial charge >= 0.3 is 0 Å². The summed E-state index contributed by atoms with van der Waals surface area (Å²) < 4.78 is 24.4. The Morgan fingerprint density at radius 2 is 1.17 bits per heavy atom. The number of rotatable bonds is 2. The molecule has 118 valence electrons. The molecule has 0 amide bonds. The van der Waals surface area contributed by atoms with Crippen LogP contribution < -0.4 is 9.80 Å². The van der Waals surface area contributed by atoms with E-state index in [4.69, 9.17) is 12.2 Å². The molecule has 0 saturated carbocycles. The minimum absolute atomic E-state index is 0.130. The summed E-state index contributed by atoms with van der Waals surface area (Å²) in [5, 5.41) is 0.673. The lowest BCUT2D eigenvalue weighted by Crippen LogP contribution is -2.37. The average molecular weight is 344 g/mol. The second-order valence-corrected chi connectivity index (χ2v) is 8.42. The van der Waals surface area contributed by atoms with Crippen LogP contribution in [0.5, 0.6) is 0 Å². The van der Waals surface area contributed by atoms with Crippen molar-refractivity contribution in [1.29, 1.82) is 0 Å². The monoisotopic (exact) mass is 344 g/mol. The molecule has 0 aliphatic carbocycles. The van der Waals surface area contributed by atoms with Crippen molar-refractivity contribution < 1.29 is 8.42 Å². The van der Waals surface area contributed by atoms with Crippen LogP contribution in [-0.2, 0) is 9.84 Å². The maximum atomic E-state index is 12.2. The van der Waals surface area contributed by atoms with Crippen LogP contribution in [0.3, 0.4) is 0 Å². The minimum Gasteiger partial charge on any atom is -0.312 e. The Hall–Kier alpha value is -1.92. The van der Waals surface area contributed by atoms with E-state index in [0.29, 0.717) is 5.11 Å². The van der Waals surface area contributed by atoms with Crippen molar-refractivity contribution in [1.82, 2.24) is 0 Å². The zero-order valence-electron chi connectivity index (χ0n) is 12.4. The molecule has 6 heteroatoms. The molecule has 0 aromatic heterocycles. The standard InChI is InChI=1S/C17H16N2O2S2/c20-23(21)11-15-16(12-23)19(14-9-5-2-6-10-14)17(22)18(15)13-7-3-1-4-8-13/h1-10,15-16H,11-12H2/t15-,16-/m1/s1. The quantitative estimate of drug-likeness (QED) is 0.783. The van der Waals surface area contributed by atoms with Crippen LogP contribution in [0.4, 0.5) is 11.4 Å². The molecule has 2 aromatic rings. The number of benzene rings is 2. The first-order valence-corrected chi connectivity index (χ1v) is 9.73. The number of hydrogen-bond acceptors (Lipinski definition) is 3. The Bertz CT molecular complexity index is 774. The summed E-state index contributed by atoms with van der Waals surface area (Å²) in [5.41, 5.74) is 1.89. The van der Waals surface area contributed by atoms with Gasteiger partial charge in [0.1, 0.15) is 0 Å². The largest absolute Gasteiger partial charge is 0.312 e. The van der Waals surface area contributed by atoms with Gasteiger partial charge in [-0.3, -0.25) is 0 Å². The molecule has 0 N–H and O–H groups in total. The summed E-state index contributed by atoms with van der Waals surface area (Å²) in [6, 6.07) is 19.3. The van der Waals surface area contributed by atoms with Gasteiger partial charge < -0.3 is 9.80 Å². The molecule has 2 aliphatic rings. The third-order valence-corrected chi connectivity index (χ3v) is 6.53. The molecule has 2 saturated heterocycles. The van der Waals surface area contributed by atoms with Gasteiger partial charge in [0.25, 0.3) is 0 Å². The van der Waals surface area contributed by atoms with Crippen molar-refractivity contribution in [3.05, 3.63) is 60.7 Å². The molecule has 23 heavy (non-hydrogen) atoms. The van der Waals surface area contributed by atoms with Crippen molar-refractivity contribution in [3.63, 3.8) is 0 Å². The van der Waals surface area contributed by atoms with Crippen molar-refractivity contribution in [2.24, 2.45) is 0 Å². The van der Waals surface area contributed by atoms with Gasteiger partial charge in [0.15, 0.2) is 14.9 Å². The van der Waals surface area contributed by atoms with Crippen LogP contribution in [0.1, 0.15) is 0 Å². The SMILES string of the molecule is O=S1(=O)C[C@@H]2[C@@H](C1)N(c1ccccc1)C(=S)N2c1ccccc1. The number of sulfone groups is 1. The van der Waals surface area contributed by atoms with Gasteiger partial charge in [-0.05, 0) is 36.5 Å². The molecule has 2 fully saturated rings. The lowest BCUT2D eigenvalue weighted by atomic mass is 10.1. The lowest BCUT2D eigenvalue weighted by molar-refractivity contribution is 0.601. The molecular formula is C17H16N2O2S2. The molecule has 0 radical (unpaired) electrons. The molecule has 2 atom stereocenters. The van der Waals surface area contributed by atoms with Crippen LogP contribution in [0.2, 0.25) is 0 Å². The molecule has 2 heterocycles. The summed E-state index contributed by atoms with van der Waals surface area (Å²) in [6.45, 7) is 0. The number of anilines is 2. The highest BCUT2D eigenvalue weighted by atomic mass is 32.2. The van der Waals surface area contributed by atoms with Gasteiger partial charge in [0.2, 0.25) is 0 Å². The molecular weight excluding hydrogens is 328 g/mol. The number of hydrogen-bond donors (Lipinski definition) is 0. The zero-order valence-corrected chi connectivity index (χ0v) is 14.0. The first kappa shape index (κ1) is 14.7. The van der Waals surface area contributed by atoms with E-state index in [9.17, 15) is 8.42 Å². The van der Waals surface area contributed by atoms with E-state index in [2.05, 4.69) is 0 Å². The fraction of sp³-hybridized carbons (Fsp3) is 0.235. The zero-order chi connectivity index (χ0) is 16.0. The van der Waals surface area contributed by atoms with E-state index < -0.39 is 9.84 Å². The molecule has 2 aliphatic heterocycles. The molecule has 4 rings (SSSR count). The molecule has 4 nitrogen and oxygen atoms in total. The second kappa shape index (κ2) is 5.32. The maximum absolute atomic E-state index is 12.2. The second-order valence-electron chi connectivity index (χ2n) is 5.91. The van der Waals surface area contributed by atoms with Gasteiger partial charge in [-0.25, -0.2) is 8.42 Å². The first-order chi connectivity index (χ1) is 11.1. The third kappa shape index (κ3) is 2.42. The number of nitrogens with zero attached hydrogens (tertiary/aromatic N) is 2. The predicted molar refractivity (Wildman–Crippen MR) is 96.7 cm³/mol. The number of thiocarbonyl (C=S) groups is 1. The predicted octanol–water partition coefficient (Wildman–Crippen LogP) is 2.46. The Morgan fingerprint density at radius 1 is 0.783 bits per heavy atom. The smallest absolute Gasteiger partial charge is 0.181 e. The van der Waals surface area contributed by atoms with E-state index in [1.807, 2.05) is 70.5 Å².